The zero-order valence-corrected chi connectivity index (χ0v) is 11.6. The molecule has 1 N–H and O–H groups in total. The van der Waals surface area contributed by atoms with E-state index in [2.05, 4.69) is 20.3 Å². The Morgan fingerprint density at radius 2 is 1.95 bits per heavy atom. The van der Waals surface area contributed by atoms with Gasteiger partial charge in [0.15, 0.2) is 0 Å². The van der Waals surface area contributed by atoms with Crippen molar-refractivity contribution < 1.29 is 4.39 Å². The highest BCUT2D eigenvalue weighted by Gasteiger charge is 2.19. The molecule has 0 saturated heterocycles. The number of rotatable bonds is 4. The first-order valence-corrected chi connectivity index (χ1v) is 6.83. The van der Waals surface area contributed by atoms with Crippen LogP contribution in [-0.2, 0) is 0 Å². The summed E-state index contributed by atoms with van der Waals surface area (Å²) in [5, 5.41) is 3.31. The lowest BCUT2D eigenvalue weighted by Crippen LogP contribution is -2.23. The van der Waals surface area contributed by atoms with Crippen molar-refractivity contribution in [3.8, 4) is 0 Å². The fraction of sp³-hybridized carbons (Fsp3) is 0.188. The van der Waals surface area contributed by atoms with E-state index in [1.807, 2.05) is 25.1 Å². The van der Waals surface area contributed by atoms with E-state index in [0.717, 1.165) is 16.6 Å². The van der Waals surface area contributed by atoms with Crippen LogP contribution >= 0.6 is 0 Å². The third-order valence-corrected chi connectivity index (χ3v) is 3.36. The number of benzene rings is 1. The Kier molecular flexibility index (Phi) is 3.83. The molecule has 0 fully saturated rings. The monoisotopic (exact) mass is 282 g/mol. The van der Waals surface area contributed by atoms with E-state index < -0.39 is 0 Å². The molecule has 5 heteroatoms. The van der Waals surface area contributed by atoms with Gasteiger partial charge in [-0.15, -0.1) is 0 Å². The number of nitrogens with one attached hydrogen (secondary N) is 1. The van der Waals surface area contributed by atoms with Crippen LogP contribution in [0, 0.1) is 5.82 Å². The Labute approximate surface area is 122 Å². The van der Waals surface area contributed by atoms with Crippen molar-refractivity contribution in [2.45, 2.75) is 13.0 Å². The van der Waals surface area contributed by atoms with Gasteiger partial charge in [-0.2, -0.15) is 0 Å². The molecule has 0 bridgehead atoms. The molecule has 0 aliphatic carbocycles. The fourth-order valence-electron chi connectivity index (χ4n) is 2.46. The Morgan fingerprint density at radius 1 is 1.10 bits per heavy atom. The van der Waals surface area contributed by atoms with Crippen molar-refractivity contribution in [2.24, 2.45) is 0 Å². The molecule has 2 heterocycles. The van der Waals surface area contributed by atoms with Gasteiger partial charge in [0.2, 0.25) is 0 Å². The predicted octanol–water partition coefficient (Wildman–Crippen LogP) is 2.86. The molecule has 0 saturated carbocycles. The molecule has 0 aliphatic heterocycles. The Balaban J connectivity index is 2.19. The number of hydrogen-bond donors (Lipinski definition) is 1. The lowest BCUT2D eigenvalue weighted by Gasteiger charge is -2.20. The maximum atomic E-state index is 14.1. The highest BCUT2D eigenvalue weighted by molar-refractivity contribution is 5.78. The molecule has 106 valence electrons. The van der Waals surface area contributed by atoms with Crippen molar-refractivity contribution in [3.63, 3.8) is 0 Å². The smallest absolute Gasteiger partial charge is 0.146 e. The van der Waals surface area contributed by atoms with Crippen LogP contribution < -0.4 is 5.32 Å². The van der Waals surface area contributed by atoms with Crippen molar-refractivity contribution >= 4 is 11.0 Å². The second-order valence-electron chi connectivity index (χ2n) is 4.66. The minimum atomic E-state index is -0.329. The number of aromatic nitrogens is 3. The van der Waals surface area contributed by atoms with Crippen LogP contribution in [0.4, 0.5) is 4.39 Å². The van der Waals surface area contributed by atoms with Gasteiger partial charge in [0, 0.05) is 29.7 Å². The number of fused-ring (bicyclic) bond motifs is 1. The molecule has 1 unspecified atom stereocenters. The zero-order chi connectivity index (χ0) is 14.7. The number of pyridine rings is 1. The standard InChI is InChI=1S/C16H15FN4/c1-2-19-15(11-6-7-18-10-13(11)17)12-4-3-5-14-16(12)21-9-8-20-14/h3-10,15,19H,2H2,1H3. The molecule has 0 amide bonds. The van der Waals surface area contributed by atoms with Gasteiger partial charge < -0.3 is 5.32 Å². The van der Waals surface area contributed by atoms with Gasteiger partial charge in [-0.05, 0) is 18.7 Å². The normalized spacial score (nSPS) is 12.5. The first-order chi connectivity index (χ1) is 10.3. The van der Waals surface area contributed by atoms with Gasteiger partial charge in [0.05, 0.1) is 23.3 Å². The topological polar surface area (TPSA) is 50.7 Å². The molecule has 2 aromatic heterocycles. The summed E-state index contributed by atoms with van der Waals surface area (Å²) in [5.41, 5.74) is 3.05. The Bertz CT molecular complexity index is 755. The fourth-order valence-corrected chi connectivity index (χ4v) is 2.46. The van der Waals surface area contributed by atoms with Crippen LogP contribution in [0.5, 0.6) is 0 Å². The summed E-state index contributed by atoms with van der Waals surface area (Å²) in [7, 11) is 0. The first kappa shape index (κ1) is 13.6. The molecule has 0 aliphatic rings. The molecule has 21 heavy (non-hydrogen) atoms. The van der Waals surface area contributed by atoms with Crippen LogP contribution in [0.15, 0.2) is 49.1 Å². The quantitative estimate of drug-likeness (QED) is 0.799. The van der Waals surface area contributed by atoms with Gasteiger partial charge >= 0.3 is 0 Å². The summed E-state index contributed by atoms with van der Waals surface area (Å²) < 4.78 is 14.1. The second-order valence-corrected chi connectivity index (χ2v) is 4.66. The zero-order valence-electron chi connectivity index (χ0n) is 11.6. The van der Waals surface area contributed by atoms with Crippen LogP contribution in [0.1, 0.15) is 24.1 Å². The molecule has 3 rings (SSSR count). The van der Waals surface area contributed by atoms with E-state index in [1.54, 1.807) is 24.7 Å². The molecular formula is C16H15FN4. The third kappa shape index (κ3) is 2.60. The highest BCUT2D eigenvalue weighted by atomic mass is 19.1. The maximum absolute atomic E-state index is 14.1. The van der Waals surface area contributed by atoms with Crippen LogP contribution in [0.25, 0.3) is 11.0 Å². The lowest BCUT2D eigenvalue weighted by molar-refractivity contribution is 0.556. The SMILES string of the molecule is CCNC(c1ccncc1F)c1cccc2nccnc12. The molecule has 4 nitrogen and oxygen atoms in total. The predicted molar refractivity (Wildman–Crippen MR) is 79.3 cm³/mol. The molecule has 0 radical (unpaired) electrons. The summed E-state index contributed by atoms with van der Waals surface area (Å²) in [4.78, 5) is 12.5. The average Bonchev–Trinajstić information content (AvgIpc) is 2.53. The van der Waals surface area contributed by atoms with Crippen LogP contribution in [0.3, 0.4) is 0 Å². The van der Waals surface area contributed by atoms with E-state index in [0.29, 0.717) is 12.1 Å². The molecule has 1 atom stereocenters. The first-order valence-electron chi connectivity index (χ1n) is 6.83. The lowest BCUT2D eigenvalue weighted by atomic mass is 9.97. The molecule has 3 aromatic rings. The maximum Gasteiger partial charge on any atom is 0.146 e. The van der Waals surface area contributed by atoms with Crippen molar-refractivity contribution in [2.75, 3.05) is 6.54 Å². The molecule has 0 spiro atoms. The van der Waals surface area contributed by atoms with Crippen LogP contribution in [0.2, 0.25) is 0 Å². The van der Waals surface area contributed by atoms with Crippen LogP contribution in [-0.4, -0.2) is 21.5 Å². The summed E-state index contributed by atoms with van der Waals surface area (Å²) in [6, 6.07) is 7.17. The minimum absolute atomic E-state index is 0.279. The highest BCUT2D eigenvalue weighted by Crippen LogP contribution is 2.28. The van der Waals surface area contributed by atoms with E-state index in [9.17, 15) is 4.39 Å². The number of para-hydroxylation sites is 1. The molecular weight excluding hydrogens is 267 g/mol. The second kappa shape index (κ2) is 5.93. The number of nitrogens with zero attached hydrogens (tertiary/aromatic N) is 3. The minimum Gasteiger partial charge on any atom is -0.306 e. The Hall–Kier alpha value is -2.40. The van der Waals surface area contributed by atoms with Gasteiger partial charge in [0.1, 0.15) is 5.82 Å². The third-order valence-electron chi connectivity index (χ3n) is 3.36. The van der Waals surface area contributed by atoms with E-state index >= 15 is 0 Å². The van der Waals surface area contributed by atoms with Crippen molar-refractivity contribution in [1.82, 2.24) is 20.3 Å². The van der Waals surface area contributed by atoms with E-state index in [1.165, 1.54) is 6.20 Å². The number of halogens is 1. The summed E-state index contributed by atoms with van der Waals surface area (Å²) in [6.07, 6.45) is 6.13. The molecule has 1 aromatic carbocycles. The van der Waals surface area contributed by atoms with Gasteiger partial charge in [0.25, 0.3) is 0 Å². The largest absolute Gasteiger partial charge is 0.306 e. The summed E-state index contributed by atoms with van der Waals surface area (Å²) in [5.74, 6) is -0.329. The Morgan fingerprint density at radius 3 is 2.76 bits per heavy atom. The van der Waals surface area contributed by atoms with Gasteiger partial charge in [-0.1, -0.05) is 19.1 Å². The summed E-state index contributed by atoms with van der Waals surface area (Å²) in [6.45, 7) is 2.70. The van der Waals surface area contributed by atoms with Crippen molar-refractivity contribution in [3.05, 3.63) is 66.0 Å². The van der Waals surface area contributed by atoms with E-state index in [4.69, 9.17) is 0 Å². The van der Waals surface area contributed by atoms with Crippen molar-refractivity contribution in [1.29, 1.82) is 0 Å². The summed E-state index contributed by atoms with van der Waals surface area (Å²) >= 11 is 0. The number of hydrogen-bond acceptors (Lipinski definition) is 4. The van der Waals surface area contributed by atoms with Gasteiger partial charge in [-0.3, -0.25) is 15.0 Å². The van der Waals surface area contributed by atoms with Gasteiger partial charge in [-0.25, -0.2) is 4.39 Å². The van der Waals surface area contributed by atoms with E-state index in [-0.39, 0.29) is 11.9 Å². The average molecular weight is 282 g/mol.